The lowest BCUT2D eigenvalue weighted by molar-refractivity contribution is 0.0684. The summed E-state index contributed by atoms with van der Waals surface area (Å²) in [5, 5.41) is 7.90. The van der Waals surface area contributed by atoms with Crippen molar-refractivity contribution < 1.29 is 14.3 Å². The van der Waals surface area contributed by atoms with Gasteiger partial charge < -0.3 is 19.5 Å². The fourth-order valence-corrected chi connectivity index (χ4v) is 4.74. The van der Waals surface area contributed by atoms with Crippen LogP contribution in [0, 0.1) is 0 Å². The zero-order chi connectivity index (χ0) is 23.1. The van der Waals surface area contributed by atoms with E-state index in [2.05, 4.69) is 20.0 Å². The van der Waals surface area contributed by atoms with Crippen LogP contribution in [0.5, 0.6) is 0 Å². The fourth-order valence-electron chi connectivity index (χ4n) is 4.45. The minimum Gasteiger partial charge on any atom is -0.373 e. The summed E-state index contributed by atoms with van der Waals surface area (Å²) in [6.45, 7) is 1.56. The van der Waals surface area contributed by atoms with Gasteiger partial charge in [-0.05, 0) is 31.4 Å². The number of amides is 2. The first kappa shape index (κ1) is 21.7. The molecular formula is C23H25ClN6O3. The lowest BCUT2D eigenvalue weighted by Gasteiger charge is -2.25. The Morgan fingerprint density at radius 1 is 1.24 bits per heavy atom. The van der Waals surface area contributed by atoms with Gasteiger partial charge in [-0.3, -0.25) is 9.59 Å². The van der Waals surface area contributed by atoms with E-state index in [9.17, 15) is 9.59 Å². The Bertz CT molecular complexity index is 1230. The van der Waals surface area contributed by atoms with Gasteiger partial charge in [0.05, 0.1) is 59.4 Å². The topological polar surface area (TPSA) is 94.3 Å². The molecule has 2 amide bonds. The van der Waals surface area contributed by atoms with E-state index in [0.717, 1.165) is 42.8 Å². The minimum atomic E-state index is -0.360. The van der Waals surface area contributed by atoms with Gasteiger partial charge in [-0.1, -0.05) is 17.7 Å². The number of fused-ring (bicyclic) bond motifs is 2. The molecule has 0 bridgehead atoms. The molecule has 2 aliphatic heterocycles. The Morgan fingerprint density at radius 2 is 2.09 bits per heavy atom. The summed E-state index contributed by atoms with van der Waals surface area (Å²) in [6, 6.07) is 4.91. The summed E-state index contributed by atoms with van der Waals surface area (Å²) < 4.78 is 9.54. The van der Waals surface area contributed by atoms with Crippen LogP contribution >= 0.6 is 11.6 Å². The average Bonchev–Trinajstić information content (AvgIpc) is 3.44. The van der Waals surface area contributed by atoms with Crippen molar-refractivity contribution in [2.24, 2.45) is 0 Å². The Kier molecular flexibility index (Phi) is 5.67. The summed E-state index contributed by atoms with van der Waals surface area (Å²) in [5.74, 6) is -0.399. The van der Waals surface area contributed by atoms with Crippen molar-refractivity contribution in [3.8, 4) is 5.69 Å². The van der Waals surface area contributed by atoms with E-state index in [1.807, 2.05) is 6.07 Å². The average molecular weight is 469 g/mol. The minimum absolute atomic E-state index is 0.187. The second kappa shape index (κ2) is 8.64. The van der Waals surface area contributed by atoms with Crippen LogP contribution in [0.4, 0.5) is 0 Å². The molecule has 5 rings (SSSR count). The van der Waals surface area contributed by atoms with E-state index in [1.165, 1.54) is 4.90 Å². The SMILES string of the molecule is CN(C)C(=O)c1cccc(-n2ncc3c2COCC3NC(=O)c2ncn3c2CCCC3)c1Cl. The molecule has 2 aromatic heterocycles. The van der Waals surface area contributed by atoms with Crippen molar-refractivity contribution in [1.82, 2.24) is 29.5 Å². The van der Waals surface area contributed by atoms with Gasteiger partial charge in [0.1, 0.15) is 5.69 Å². The van der Waals surface area contributed by atoms with Crippen LogP contribution in [0.3, 0.4) is 0 Å². The van der Waals surface area contributed by atoms with Gasteiger partial charge in [-0.2, -0.15) is 5.10 Å². The highest BCUT2D eigenvalue weighted by molar-refractivity contribution is 6.35. The normalized spacial score (nSPS) is 17.2. The van der Waals surface area contributed by atoms with Gasteiger partial charge >= 0.3 is 0 Å². The second-order valence-electron chi connectivity index (χ2n) is 8.53. The summed E-state index contributed by atoms with van der Waals surface area (Å²) >= 11 is 6.61. The lowest BCUT2D eigenvalue weighted by atomic mass is 10.0. The van der Waals surface area contributed by atoms with E-state index in [-0.39, 0.29) is 17.9 Å². The highest BCUT2D eigenvalue weighted by Crippen LogP contribution is 2.31. The van der Waals surface area contributed by atoms with E-state index < -0.39 is 0 Å². The molecule has 3 aromatic rings. The largest absolute Gasteiger partial charge is 0.373 e. The predicted molar refractivity (Wildman–Crippen MR) is 122 cm³/mol. The number of carbonyl (C=O) groups excluding carboxylic acids is 2. The van der Waals surface area contributed by atoms with Crippen LogP contribution in [0.2, 0.25) is 5.02 Å². The first-order valence-corrected chi connectivity index (χ1v) is 11.3. The van der Waals surface area contributed by atoms with Crippen molar-refractivity contribution >= 4 is 23.4 Å². The fraction of sp³-hybridized carbons (Fsp3) is 0.391. The second-order valence-corrected chi connectivity index (χ2v) is 8.91. The molecule has 0 radical (unpaired) electrons. The number of imidazole rings is 1. The number of ether oxygens (including phenoxy) is 1. The number of aryl methyl sites for hydroxylation is 1. The molecule has 0 spiro atoms. The third-order valence-electron chi connectivity index (χ3n) is 6.17. The Labute approximate surface area is 196 Å². The maximum absolute atomic E-state index is 13.0. The van der Waals surface area contributed by atoms with Crippen molar-refractivity contribution in [2.45, 2.75) is 38.5 Å². The standard InChI is InChI=1S/C23H25ClN6O3/c1-28(2)23(32)14-6-5-8-17(20(14)24)30-19-12-33-11-16(15(19)10-26-30)27-22(31)21-18-7-3-4-9-29(18)13-25-21/h5-6,8,10,13,16H,3-4,7,9,11-12H2,1-2H3,(H,27,31). The van der Waals surface area contributed by atoms with Crippen LogP contribution in [-0.2, 0) is 24.3 Å². The number of carbonyl (C=O) groups is 2. The number of hydrogen-bond acceptors (Lipinski definition) is 5. The molecule has 4 heterocycles. The van der Waals surface area contributed by atoms with E-state index in [1.54, 1.807) is 43.4 Å². The summed E-state index contributed by atoms with van der Waals surface area (Å²) in [6.07, 6.45) is 6.49. The number of nitrogens with zero attached hydrogens (tertiary/aromatic N) is 5. The molecule has 1 atom stereocenters. The first-order valence-electron chi connectivity index (χ1n) is 11.0. The van der Waals surface area contributed by atoms with Gasteiger partial charge in [-0.15, -0.1) is 0 Å². The van der Waals surface area contributed by atoms with Gasteiger partial charge in [-0.25, -0.2) is 9.67 Å². The third kappa shape index (κ3) is 3.81. The highest BCUT2D eigenvalue weighted by Gasteiger charge is 2.30. The van der Waals surface area contributed by atoms with Crippen molar-refractivity contribution in [2.75, 3.05) is 20.7 Å². The lowest BCUT2D eigenvalue weighted by Crippen LogP contribution is -2.35. The quantitative estimate of drug-likeness (QED) is 0.635. The van der Waals surface area contributed by atoms with Gasteiger partial charge in [0.25, 0.3) is 11.8 Å². The molecule has 2 aliphatic rings. The molecule has 1 aromatic carbocycles. The van der Waals surface area contributed by atoms with E-state index in [4.69, 9.17) is 16.3 Å². The van der Waals surface area contributed by atoms with Crippen LogP contribution in [-0.4, -0.2) is 56.7 Å². The number of aromatic nitrogens is 4. The van der Waals surface area contributed by atoms with Gasteiger partial charge in [0.2, 0.25) is 0 Å². The smallest absolute Gasteiger partial charge is 0.272 e. The summed E-state index contributed by atoms with van der Waals surface area (Å²) in [5.41, 5.74) is 4.10. The number of rotatable bonds is 4. The number of hydrogen-bond donors (Lipinski definition) is 1. The molecule has 1 N–H and O–H groups in total. The Morgan fingerprint density at radius 3 is 2.91 bits per heavy atom. The molecule has 10 heteroatoms. The van der Waals surface area contributed by atoms with Crippen LogP contribution in [0.1, 0.15) is 56.7 Å². The molecule has 0 saturated heterocycles. The zero-order valence-electron chi connectivity index (χ0n) is 18.5. The molecule has 9 nitrogen and oxygen atoms in total. The number of nitrogens with one attached hydrogen (secondary N) is 1. The molecular weight excluding hydrogens is 444 g/mol. The molecule has 172 valence electrons. The zero-order valence-corrected chi connectivity index (χ0v) is 19.3. The van der Waals surface area contributed by atoms with Crippen molar-refractivity contribution in [3.63, 3.8) is 0 Å². The molecule has 0 fully saturated rings. The van der Waals surface area contributed by atoms with Crippen LogP contribution in [0.15, 0.2) is 30.7 Å². The number of benzene rings is 1. The van der Waals surface area contributed by atoms with E-state index in [0.29, 0.717) is 35.2 Å². The Hall–Kier alpha value is -3.17. The molecule has 33 heavy (non-hydrogen) atoms. The van der Waals surface area contributed by atoms with Gasteiger partial charge in [0, 0.05) is 26.2 Å². The highest BCUT2D eigenvalue weighted by atomic mass is 35.5. The molecule has 0 saturated carbocycles. The maximum atomic E-state index is 13.0. The maximum Gasteiger partial charge on any atom is 0.272 e. The monoisotopic (exact) mass is 468 g/mol. The van der Waals surface area contributed by atoms with Gasteiger partial charge in [0.15, 0.2) is 0 Å². The van der Waals surface area contributed by atoms with E-state index >= 15 is 0 Å². The summed E-state index contributed by atoms with van der Waals surface area (Å²) in [4.78, 5) is 31.4. The third-order valence-corrected chi connectivity index (χ3v) is 6.57. The van der Waals surface area contributed by atoms with Crippen molar-refractivity contribution in [1.29, 1.82) is 0 Å². The number of halogens is 1. The Balaban J connectivity index is 1.44. The predicted octanol–water partition coefficient (Wildman–Crippen LogP) is 2.76. The first-order chi connectivity index (χ1) is 16.0. The molecule has 1 unspecified atom stereocenters. The van der Waals surface area contributed by atoms with Crippen molar-refractivity contribution in [3.05, 3.63) is 64.0 Å². The summed E-state index contributed by atoms with van der Waals surface area (Å²) in [7, 11) is 3.36. The molecule has 0 aliphatic carbocycles. The van der Waals surface area contributed by atoms with Crippen LogP contribution in [0.25, 0.3) is 5.69 Å². The van der Waals surface area contributed by atoms with Crippen LogP contribution < -0.4 is 5.32 Å².